The van der Waals surface area contributed by atoms with Gasteiger partial charge in [0, 0.05) is 24.7 Å². The van der Waals surface area contributed by atoms with Crippen LogP contribution < -0.4 is 5.32 Å². The number of amides is 1. The first-order valence-electron chi connectivity index (χ1n) is 10.2. The first-order chi connectivity index (χ1) is 13.1. The smallest absolute Gasteiger partial charge is 0.410 e. The molecule has 0 aromatic heterocycles. The molecule has 1 aromatic carbocycles. The summed E-state index contributed by atoms with van der Waals surface area (Å²) in [4.78, 5) is 14.5. The first kappa shape index (κ1) is 18.7. The molecule has 4 rings (SSSR count). The van der Waals surface area contributed by atoms with Crippen molar-refractivity contribution in [3.05, 3.63) is 35.9 Å². The van der Waals surface area contributed by atoms with E-state index in [-0.39, 0.29) is 18.2 Å². The van der Waals surface area contributed by atoms with Crippen molar-refractivity contribution in [1.82, 2.24) is 10.2 Å². The number of piperidine rings is 1. The Kier molecular flexibility index (Phi) is 5.66. The number of rotatable bonds is 6. The fourth-order valence-electron chi connectivity index (χ4n) is 4.82. The van der Waals surface area contributed by atoms with E-state index in [1.54, 1.807) is 0 Å². The van der Waals surface area contributed by atoms with E-state index in [1.807, 2.05) is 35.2 Å². The first-order valence-corrected chi connectivity index (χ1v) is 10.2. The van der Waals surface area contributed by atoms with E-state index >= 15 is 0 Å². The highest BCUT2D eigenvalue weighted by Gasteiger charge is 2.49. The van der Waals surface area contributed by atoms with Gasteiger partial charge < -0.3 is 24.8 Å². The predicted molar refractivity (Wildman–Crippen MR) is 101 cm³/mol. The molecule has 3 saturated heterocycles. The van der Waals surface area contributed by atoms with Crippen LogP contribution in [0.1, 0.15) is 44.1 Å². The van der Waals surface area contributed by atoms with Crippen LogP contribution in [0.5, 0.6) is 0 Å². The quantitative estimate of drug-likeness (QED) is 0.800. The lowest BCUT2D eigenvalue weighted by Crippen LogP contribution is -2.54. The SMILES string of the molecule is O=C(OCc1ccccc1)N1[C@@H]2CC[C@H]1CC(O)(CCNC1CCOC1)C2. The van der Waals surface area contributed by atoms with Gasteiger partial charge in [0.25, 0.3) is 0 Å². The van der Waals surface area contributed by atoms with Gasteiger partial charge >= 0.3 is 6.09 Å². The molecule has 1 amide bonds. The Hall–Kier alpha value is -1.63. The van der Waals surface area contributed by atoms with Gasteiger partial charge in [-0.2, -0.15) is 0 Å². The predicted octanol–water partition coefficient (Wildman–Crippen LogP) is 2.45. The van der Waals surface area contributed by atoms with Gasteiger partial charge in [0.2, 0.25) is 0 Å². The zero-order valence-corrected chi connectivity index (χ0v) is 15.8. The summed E-state index contributed by atoms with van der Waals surface area (Å²) in [5.74, 6) is 0. The van der Waals surface area contributed by atoms with Gasteiger partial charge in [0.1, 0.15) is 6.61 Å². The van der Waals surface area contributed by atoms with Crippen molar-refractivity contribution in [3.8, 4) is 0 Å². The minimum Gasteiger partial charge on any atom is -0.445 e. The molecule has 6 nitrogen and oxygen atoms in total. The molecule has 3 fully saturated rings. The molecule has 1 aromatic rings. The monoisotopic (exact) mass is 374 g/mol. The maximum absolute atomic E-state index is 12.6. The normalized spacial score (nSPS) is 32.6. The standard InChI is InChI=1S/C21H30N2O4/c24-20(27-14-16-4-2-1-3-5-16)23-18-6-7-19(23)13-21(25,12-18)9-10-22-17-8-11-26-15-17/h1-5,17-19,22,25H,6-15H2/t17?,18-,19+,21?. The highest BCUT2D eigenvalue weighted by molar-refractivity contribution is 5.69. The Labute approximate surface area is 160 Å². The van der Waals surface area contributed by atoms with E-state index in [2.05, 4.69) is 5.32 Å². The molecular weight excluding hydrogens is 344 g/mol. The van der Waals surface area contributed by atoms with Crippen molar-refractivity contribution in [2.75, 3.05) is 19.8 Å². The van der Waals surface area contributed by atoms with Gasteiger partial charge in [-0.25, -0.2) is 4.79 Å². The molecule has 0 spiro atoms. The third-order valence-corrected chi connectivity index (χ3v) is 6.22. The highest BCUT2D eigenvalue weighted by Crippen LogP contribution is 2.42. The average molecular weight is 374 g/mol. The second-order valence-electron chi connectivity index (χ2n) is 8.23. The number of carbonyl (C=O) groups is 1. The molecule has 3 aliphatic rings. The summed E-state index contributed by atoms with van der Waals surface area (Å²) in [6.07, 6.45) is 4.73. The van der Waals surface area contributed by atoms with Gasteiger partial charge in [-0.15, -0.1) is 0 Å². The molecule has 2 unspecified atom stereocenters. The lowest BCUT2D eigenvalue weighted by molar-refractivity contribution is -0.0538. The van der Waals surface area contributed by atoms with Crippen LogP contribution in [0.4, 0.5) is 4.79 Å². The highest BCUT2D eigenvalue weighted by atomic mass is 16.6. The van der Waals surface area contributed by atoms with Crippen molar-refractivity contribution >= 4 is 6.09 Å². The minimum absolute atomic E-state index is 0.0897. The summed E-state index contributed by atoms with van der Waals surface area (Å²) >= 11 is 0. The zero-order chi connectivity index (χ0) is 18.7. The Balaban J connectivity index is 1.28. The Morgan fingerprint density at radius 1 is 1.22 bits per heavy atom. The van der Waals surface area contributed by atoms with E-state index in [4.69, 9.17) is 9.47 Å². The number of hydrogen-bond acceptors (Lipinski definition) is 5. The van der Waals surface area contributed by atoms with Crippen molar-refractivity contribution < 1.29 is 19.4 Å². The van der Waals surface area contributed by atoms with Gasteiger partial charge in [0.15, 0.2) is 0 Å². The number of nitrogens with one attached hydrogen (secondary N) is 1. The van der Waals surface area contributed by atoms with Gasteiger partial charge in [-0.05, 0) is 50.6 Å². The van der Waals surface area contributed by atoms with Gasteiger partial charge in [-0.3, -0.25) is 0 Å². The molecule has 2 bridgehead atoms. The van der Waals surface area contributed by atoms with Crippen LogP contribution in [0.3, 0.4) is 0 Å². The lowest BCUT2D eigenvalue weighted by atomic mass is 9.83. The second-order valence-corrected chi connectivity index (χ2v) is 8.23. The number of aliphatic hydroxyl groups is 1. The van der Waals surface area contributed by atoms with Crippen molar-refractivity contribution in [3.63, 3.8) is 0 Å². The van der Waals surface area contributed by atoms with Crippen molar-refractivity contribution in [2.24, 2.45) is 0 Å². The van der Waals surface area contributed by atoms with E-state index in [9.17, 15) is 9.90 Å². The average Bonchev–Trinajstić information content (AvgIpc) is 3.27. The lowest BCUT2D eigenvalue weighted by Gasteiger charge is -2.43. The van der Waals surface area contributed by atoms with Crippen LogP contribution >= 0.6 is 0 Å². The molecule has 3 aliphatic heterocycles. The molecule has 27 heavy (non-hydrogen) atoms. The largest absolute Gasteiger partial charge is 0.445 e. The molecule has 2 N–H and O–H groups in total. The van der Waals surface area contributed by atoms with E-state index in [0.29, 0.717) is 25.5 Å². The summed E-state index contributed by atoms with van der Waals surface area (Å²) < 4.78 is 10.9. The maximum Gasteiger partial charge on any atom is 0.410 e. The molecular formula is C21H30N2O4. The van der Waals surface area contributed by atoms with Gasteiger partial charge in [-0.1, -0.05) is 30.3 Å². The molecule has 4 atom stereocenters. The maximum atomic E-state index is 12.6. The Morgan fingerprint density at radius 3 is 2.63 bits per heavy atom. The van der Waals surface area contributed by atoms with Crippen LogP contribution in [-0.4, -0.2) is 59.6 Å². The second kappa shape index (κ2) is 8.17. The summed E-state index contributed by atoms with van der Waals surface area (Å²) in [6, 6.07) is 10.3. The van der Waals surface area contributed by atoms with Crippen LogP contribution in [0, 0.1) is 0 Å². The molecule has 0 aliphatic carbocycles. The van der Waals surface area contributed by atoms with Crippen LogP contribution in [0.2, 0.25) is 0 Å². The minimum atomic E-state index is -0.686. The van der Waals surface area contributed by atoms with E-state index in [0.717, 1.165) is 51.0 Å². The summed E-state index contributed by atoms with van der Waals surface area (Å²) in [5, 5.41) is 14.6. The molecule has 3 heterocycles. The Bertz CT molecular complexity index is 618. The van der Waals surface area contributed by atoms with Crippen molar-refractivity contribution in [1.29, 1.82) is 0 Å². The van der Waals surface area contributed by atoms with Crippen LogP contribution in [0.25, 0.3) is 0 Å². The van der Waals surface area contributed by atoms with Crippen LogP contribution in [0.15, 0.2) is 30.3 Å². The third-order valence-electron chi connectivity index (χ3n) is 6.22. The molecule has 0 saturated carbocycles. The molecule has 0 radical (unpaired) electrons. The fourth-order valence-corrected chi connectivity index (χ4v) is 4.82. The fraction of sp³-hybridized carbons (Fsp3) is 0.667. The zero-order valence-electron chi connectivity index (χ0n) is 15.8. The Morgan fingerprint density at radius 2 is 1.96 bits per heavy atom. The van der Waals surface area contributed by atoms with Gasteiger partial charge in [0.05, 0.1) is 12.2 Å². The number of hydrogen-bond donors (Lipinski definition) is 2. The number of ether oxygens (including phenoxy) is 2. The topological polar surface area (TPSA) is 71.0 Å². The van der Waals surface area contributed by atoms with Crippen molar-refractivity contribution in [2.45, 2.75) is 68.9 Å². The number of nitrogens with zero attached hydrogens (tertiary/aromatic N) is 1. The van der Waals surface area contributed by atoms with Crippen LogP contribution in [-0.2, 0) is 16.1 Å². The van der Waals surface area contributed by atoms with E-state index < -0.39 is 5.60 Å². The van der Waals surface area contributed by atoms with E-state index in [1.165, 1.54) is 0 Å². The summed E-state index contributed by atoms with van der Waals surface area (Å²) in [6.45, 7) is 2.69. The number of fused-ring (bicyclic) bond motifs is 2. The third kappa shape index (κ3) is 4.45. The number of carbonyl (C=O) groups excluding carboxylic acids is 1. The molecule has 6 heteroatoms. The summed E-state index contributed by atoms with van der Waals surface area (Å²) in [5.41, 5.74) is 0.308. The summed E-state index contributed by atoms with van der Waals surface area (Å²) in [7, 11) is 0. The molecule has 148 valence electrons. The number of benzene rings is 1.